The summed E-state index contributed by atoms with van der Waals surface area (Å²) in [6.07, 6.45) is 0. The Bertz CT molecular complexity index is 1070. The van der Waals surface area contributed by atoms with Crippen LogP contribution in [0.5, 0.6) is 0 Å². The number of rotatable bonds is 6. The third kappa shape index (κ3) is 4.70. The van der Waals surface area contributed by atoms with Crippen molar-refractivity contribution in [3.8, 4) is 0 Å². The lowest BCUT2D eigenvalue weighted by molar-refractivity contribution is -0.122. The zero-order valence-electron chi connectivity index (χ0n) is 16.2. The third-order valence-electron chi connectivity index (χ3n) is 4.57. The Balaban J connectivity index is 1.75. The molecule has 0 saturated carbocycles. The molecule has 0 heterocycles. The summed E-state index contributed by atoms with van der Waals surface area (Å²) in [5, 5.41) is 2.75. The maximum Gasteiger partial charge on any atom is 0.255 e. The van der Waals surface area contributed by atoms with Crippen LogP contribution in [-0.4, -0.2) is 29.7 Å². The number of primary amides is 1. The van der Waals surface area contributed by atoms with E-state index in [0.717, 1.165) is 4.90 Å². The van der Waals surface area contributed by atoms with Crippen LogP contribution in [0.4, 0.5) is 10.1 Å². The van der Waals surface area contributed by atoms with E-state index in [4.69, 9.17) is 5.73 Å². The number of benzene rings is 3. The summed E-state index contributed by atoms with van der Waals surface area (Å²) in [7, 11) is 1.42. The molecule has 0 aliphatic heterocycles. The van der Waals surface area contributed by atoms with Gasteiger partial charge < -0.3 is 16.0 Å². The predicted octanol–water partition coefficient (Wildman–Crippen LogP) is 3.38. The van der Waals surface area contributed by atoms with Crippen LogP contribution in [0.3, 0.4) is 0 Å². The highest BCUT2D eigenvalue weighted by atomic mass is 19.1. The van der Waals surface area contributed by atoms with Crippen molar-refractivity contribution in [3.63, 3.8) is 0 Å². The van der Waals surface area contributed by atoms with Gasteiger partial charge >= 0.3 is 0 Å². The van der Waals surface area contributed by atoms with Gasteiger partial charge in [0.2, 0.25) is 5.91 Å². The van der Waals surface area contributed by atoms with Crippen molar-refractivity contribution in [2.24, 2.45) is 5.73 Å². The van der Waals surface area contributed by atoms with Crippen molar-refractivity contribution in [3.05, 3.63) is 101 Å². The lowest BCUT2D eigenvalue weighted by Gasteiger charge is -2.26. The van der Waals surface area contributed by atoms with Gasteiger partial charge in [0.15, 0.2) is 0 Å². The van der Waals surface area contributed by atoms with Crippen molar-refractivity contribution >= 4 is 23.4 Å². The van der Waals surface area contributed by atoms with Crippen LogP contribution < -0.4 is 11.1 Å². The van der Waals surface area contributed by atoms with Gasteiger partial charge in [-0.25, -0.2) is 4.39 Å². The van der Waals surface area contributed by atoms with E-state index in [1.807, 2.05) is 6.07 Å². The number of nitrogens with zero attached hydrogens (tertiary/aromatic N) is 1. The summed E-state index contributed by atoms with van der Waals surface area (Å²) in [5.74, 6) is -2.04. The van der Waals surface area contributed by atoms with Crippen molar-refractivity contribution < 1.29 is 18.8 Å². The fourth-order valence-corrected chi connectivity index (χ4v) is 3.07. The lowest BCUT2D eigenvalue weighted by Crippen LogP contribution is -2.39. The summed E-state index contributed by atoms with van der Waals surface area (Å²) >= 11 is 0. The van der Waals surface area contributed by atoms with Gasteiger partial charge in [0.05, 0.1) is 0 Å². The second-order valence-electron chi connectivity index (χ2n) is 6.67. The highest BCUT2D eigenvalue weighted by molar-refractivity contribution is 6.04. The van der Waals surface area contributed by atoms with Gasteiger partial charge in [-0.2, -0.15) is 0 Å². The summed E-state index contributed by atoms with van der Waals surface area (Å²) in [4.78, 5) is 38.2. The Kier molecular flexibility index (Phi) is 6.22. The van der Waals surface area contributed by atoms with Gasteiger partial charge in [0, 0.05) is 23.9 Å². The van der Waals surface area contributed by atoms with Crippen LogP contribution in [0.25, 0.3) is 0 Å². The number of likely N-dealkylation sites (N-methyl/N-ethyl adjacent to an activating group) is 1. The molecule has 0 spiro atoms. The van der Waals surface area contributed by atoms with Crippen molar-refractivity contribution in [2.45, 2.75) is 6.04 Å². The number of nitrogens with two attached hydrogens (primary N) is 1. The van der Waals surface area contributed by atoms with Gasteiger partial charge in [0.1, 0.15) is 11.9 Å². The monoisotopic (exact) mass is 405 g/mol. The largest absolute Gasteiger partial charge is 0.368 e. The smallest absolute Gasteiger partial charge is 0.255 e. The number of carbonyl (C=O) groups excluding carboxylic acids is 3. The first-order chi connectivity index (χ1) is 14.4. The maximum absolute atomic E-state index is 13.6. The molecule has 0 aliphatic carbocycles. The van der Waals surface area contributed by atoms with E-state index in [1.54, 1.807) is 36.4 Å². The molecule has 3 rings (SSSR count). The molecule has 0 bridgehead atoms. The quantitative estimate of drug-likeness (QED) is 0.659. The van der Waals surface area contributed by atoms with Gasteiger partial charge in [-0.05, 0) is 54.1 Å². The zero-order valence-corrected chi connectivity index (χ0v) is 16.2. The third-order valence-corrected chi connectivity index (χ3v) is 4.57. The van der Waals surface area contributed by atoms with E-state index in [-0.39, 0.29) is 17.0 Å². The Morgan fingerprint density at radius 2 is 1.57 bits per heavy atom. The average Bonchev–Trinajstić information content (AvgIpc) is 2.74. The highest BCUT2D eigenvalue weighted by Crippen LogP contribution is 2.22. The molecule has 3 aromatic rings. The van der Waals surface area contributed by atoms with Crippen molar-refractivity contribution in [1.29, 1.82) is 0 Å². The summed E-state index contributed by atoms with van der Waals surface area (Å²) in [5.41, 5.74) is 7.06. The molecule has 0 aromatic heterocycles. The van der Waals surface area contributed by atoms with Crippen LogP contribution in [-0.2, 0) is 4.79 Å². The molecule has 1 atom stereocenters. The minimum absolute atomic E-state index is 0.272. The van der Waals surface area contributed by atoms with E-state index in [9.17, 15) is 18.8 Å². The predicted molar refractivity (Wildman–Crippen MR) is 111 cm³/mol. The van der Waals surface area contributed by atoms with E-state index >= 15 is 0 Å². The molecule has 3 aromatic carbocycles. The normalized spacial score (nSPS) is 11.4. The van der Waals surface area contributed by atoms with Gasteiger partial charge in [-0.15, -0.1) is 0 Å². The van der Waals surface area contributed by atoms with Crippen LogP contribution >= 0.6 is 0 Å². The molecule has 152 valence electrons. The first-order valence-electron chi connectivity index (χ1n) is 9.15. The minimum atomic E-state index is -1.12. The number of anilines is 1. The number of halogens is 1. The van der Waals surface area contributed by atoms with E-state index < -0.39 is 23.7 Å². The fraction of sp³-hybridized carbons (Fsp3) is 0.0870. The first kappa shape index (κ1) is 20.7. The molecular formula is C23H20FN3O3. The number of amides is 3. The molecule has 0 fully saturated rings. The first-order valence-corrected chi connectivity index (χ1v) is 9.15. The molecular weight excluding hydrogens is 385 g/mol. The molecule has 30 heavy (non-hydrogen) atoms. The number of hydrogen-bond donors (Lipinski definition) is 2. The zero-order chi connectivity index (χ0) is 21.7. The van der Waals surface area contributed by atoms with Crippen molar-refractivity contribution in [1.82, 2.24) is 4.90 Å². The molecule has 0 aliphatic rings. The van der Waals surface area contributed by atoms with E-state index in [2.05, 4.69) is 5.32 Å². The Morgan fingerprint density at radius 3 is 2.17 bits per heavy atom. The van der Waals surface area contributed by atoms with E-state index in [1.165, 1.54) is 43.4 Å². The number of carbonyl (C=O) groups is 3. The SMILES string of the molecule is CN(C(=O)c1ccc(NC(=O)c2ccccc2)cc1)C(C(N)=O)c1cccc(F)c1. The summed E-state index contributed by atoms with van der Waals surface area (Å²) in [6, 6.07) is 19.2. The molecule has 3 amide bonds. The standard InChI is InChI=1S/C23H20FN3O3/c1-27(20(21(25)28)17-8-5-9-18(24)14-17)23(30)16-10-12-19(13-11-16)26-22(29)15-6-3-2-4-7-15/h2-14,20H,1H3,(H2,25,28)(H,26,29). The van der Waals surface area contributed by atoms with Gasteiger partial charge in [0.25, 0.3) is 11.8 Å². The topological polar surface area (TPSA) is 92.5 Å². The Hall–Kier alpha value is -4.00. The van der Waals surface area contributed by atoms with Gasteiger partial charge in [-0.3, -0.25) is 14.4 Å². The van der Waals surface area contributed by atoms with Gasteiger partial charge in [-0.1, -0.05) is 30.3 Å². The average molecular weight is 405 g/mol. The minimum Gasteiger partial charge on any atom is -0.368 e. The molecule has 1 unspecified atom stereocenters. The van der Waals surface area contributed by atoms with E-state index in [0.29, 0.717) is 11.3 Å². The molecule has 6 nitrogen and oxygen atoms in total. The van der Waals surface area contributed by atoms with Crippen LogP contribution in [0, 0.1) is 5.82 Å². The number of nitrogens with one attached hydrogen (secondary N) is 1. The summed E-state index contributed by atoms with van der Waals surface area (Å²) < 4.78 is 13.6. The fourth-order valence-electron chi connectivity index (χ4n) is 3.07. The summed E-state index contributed by atoms with van der Waals surface area (Å²) in [6.45, 7) is 0. The Morgan fingerprint density at radius 1 is 0.900 bits per heavy atom. The van der Waals surface area contributed by atoms with Crippen LogP contribution in [0.15, 0.2) is 78.9 Å². The molecule has 0 radical (unpaired) electrons. The molecule has 7 heteroatoms. The second-order valence-corrected chi connectivity index (χ2v) is 6.67. The molecule has 3 N–H and O–H groups in total. The maximum atomic E-state index is 13.6. The number of hydrogen-bond acceptors (Lipinski definition) is 3. The highest BCUT2D eigenvalue weighted by Gasteiger charge is 2.27. The lowest BCUT2D eigenvalue weighted by atomic mass is 10.0. The van der Waals surface area contributed by atoms with Crippen LogP contribution in [0.1, 0.15) is 32.3 Å². The van der Waals surface area contributed by atoms with Crippen LogP contribution in [0.2, 0.25) is 0 Å². The molecule has 0 saturated heterocycles. The van der Waals surface area contributed by atoms with Crippen molar-refractivity contribution in [2.75, 3.05) is 12.4 Å². The Labute approximate surface area is 173 Å². The second kappa shape index (κ2) is 9.00.